The number of carbonyl (C=O) groups is 1. The number of hydrogen-bond acceptors (Lipinski definition) is 3. The minimum absolute atomic E-state index is 0.0669. The van der Waals surface area contributed by atoms with Gasteiger partial charge in [-0.05, 0) is 66.3 Å². The second-order valence-corrected chi connectivity index (χ2v) is 6.26. The van der Waals surface area contributed by atoms with Crippen molar-refractivity contribution in [2.75, 3.05) is 54.4 Å². The minimum atomic E-state index is -0.727. The lowest BCUT2D eigenvalue weighted by Gasteiger charge is -2.24. The van der Waals surface area contributed by atoms with Gasteiger partial charge in [-0.2, -0.15) is 0 Å². The molecule has 0 aromatic heterocycles. The van der Waals surface area contributed by atoms with Gasteiger partial charge in [-0.3, -0.25) is 4.79 Å². The molecule has 1 amide bonds. The van der Waals surface area contributed by atoms with Crippen LogP contribution in [0.5, 0.6) is 0 Å². The Kier molecular flexibility index (Phi) is 8.12. The fraction of sp³-hybridized carbons (Fsp3) is 0.588. The van der Waals surface area contributed by atoms with E-state index in [0.717, 1.165) is 44.1 Å². The predicted octanol–water partition coefficient (Wildman–Crippen LogP) is 2.31. The molecule has 1 aromatic rings. The summed E-state index contributed by atoms with van der Waals surface area (Å²) in [5.74, 6) is -1.77. The van der Waals surface area contributed by atoms with Crippen LogP contribution in [0.25, 0.3) is 0 Å². The first-order valence-electron chi connectivity index (χ1n) is 7.84. The summed E-state index contributed by atoms with van der Waals surface area (Å²) >= 11 is 0. The van der Waals surface area contributed by atoms with Crippen molar-refractivity contribution in [3.05, 3.63) is 35.4 Å². The van der Waals surface area contributed by atoms with Crippen LogP contribution in [0.2, 0.25) is 0 Å². The predicted molar refractivity (Wildman–Crippen MR) is 88.6 cm³/mol. The Morgan fingerprint density at radius 3 is 1.65 bits per heavy atom. The average molecular weight is 327 g/mol. The monoisotopic (exact) mass is 327 g/mol. The molecule has 0 spiro atoms. The lowest BCUT2D eigenvalue weighted by Crippen LogP contribution is -2.35. The van der Waals surface area contributed by atoms with Gasteiger partial charge in [-0.25, -0.2) is 8.78 Å². The van der Waals surface area contributed by atoms with Crippen LogP contribution >= 0.6 is 0 Å². The summed E-state index contributed by atoms with van der Waals surface area (Å²) in [5.41, 5.74) is 0.0669. The van der Waals surface area contributed by atoms with E-state index in [1.54, 1.807) is 4.90 Å². The Morgan fingerprint density at radius 1 is 0.826 bits per heavy atom. The molecule has 0 radical (unpaired) electrons. The standard InChI is InChI=1S/C17H27F2N3O/c1-20(2)7-5-9-22(10-6-8-21(3)4)17(23)14-11-15(18)13-16(19)12-14/h11-13H,5-10H2,1-4H3. The third-order valence-electron chi connectivity index (χ3n) is 3.46. The molecule has 0 aliphatic heterocycles. The molecule has 0 aliphatic carbocycles. The largest absolute Gasteiger partial charge is 0.339 e. The molecule has 0 heterocycles. The van der Waals surface area contributed by atoms with E-state index in [1.807, 2.05) is 38.0 Å². The van der Waals surface area contributed by atoms with Crippen molar-refractivity contribution in [3.63, 3.8) is 0 Å². The van der Waals surface area contributed by atoms with Crippen molar-refractivity contribution < 1.29 is 13.6 Å². The van der Waals surface area contributed by atoms with E-state index in [2.05, 4.69) is 0 Å². The SMILES string of the molecule is CN(C)CCCN(CCCN(C)C)C(=O)c1cc(F)cc(F)c1. The Hall–Kier alpha value is -1.53. The van der Waals surface area contributed by atoms with Crippen LogP contribution in [-0.4, -0.2) is 75.0 Å². The number of carbonyl (C=O) groups excluding carboxylic acids is 1. The number of halogens is 2. The Bertz CT molecular complexity index is 472. The summed E-state index contributed by atoms with van der Waals surface area (Å²) in [6.45, 7) is 2.86. The van der Waals surface area contributed by atoms with Gasteiger partial charge in [0, 0.05) is 24.7 Å². The highest BCUT2D eigenvalue weighted by atomic mass is 19.1. The summed E-state index contributed by atoms with van der Waals surface area (Å²) < 4.78 is 26.7. The van der Waals surface area contributed by atoms with Gasteiger partial charge in [-0.1, -0.05) is 0 Å². The fourth-order valence-electron chi connectivity index (χ4n) is 2.33. The lowest BCUT2D eigenvalue weighted by molar-refractivity contribution is 0.0743. The topological polar surface area (TPSA) is 26.8 Å². The van der Waals surface area contributed by atoms with Crippen LogP contribution in [0.1, 0.15) is 23.2 Å². The lowest BCUT2D eigenvalue weighted by atomic mass is 10.1. The third kappa shape index (κ3) is 7.52. The van der Waals surface area contributed by atoms with Crippen LogP contribution < -0.4 is 0 Å². The van der Waals surface area contributed by atoms with Gasteiger partial charge < -0.3 is 14.7 Å². The second kappa shape index (κ2) is 9.57. The normalized spacial score (nSPS) is 11.3. The van der Waals surface area contributed by atoms with E-state index in [9.17, 15) is 13.6 Å². The zero-order valence-electron chi connectivity index (χ0n) is 14.5. The maximum atomic E-state index is 13.3. The zero-order chi connectivity index (χ0) is 17.4. The van der Waals surface area contributed by atoms with Gasteiger partial charge in [0.15, 0.2) is 0 Å². The van der Waals surface area contributed by atoms with Crippen molar-refractivity contribution in [2.45, 2.75) is 12.8 Å². The van der Waals surface area contributed by atoms with E-state index in [0.29, 0.717) is 13.1 Å². The molecule has 1 aromatic carbocycles. The van der Waals surface area contributed by atoms with E-state index in [-0.39, 0.29) is 11.5 Å². The molecule has 0 aliphatic rings. The van der Waals surface area contributed by atoms with Crippen LogP contribution in [0, 0.1) is 11.6 Å². The quantitative estimate of drug-likeness (QED) is 0.696. The first-order chi connectivity index (χ1) is 10.8. The fourth-order valence-corrected chi connectivity index (χ4v) is 2.33. The summed E-state index contributed by atoms with van der Waals surface area (Å²) in [6.07, 6.45) is 1.64. The summed E-state index contributed by atoms with van der Waals surface area (Å²) in [5, 5.41) is 0. The number of nitrogens with zero attached hydrogens (tertiary/aromatic N) is 3. The molecule has 0 saturated heterocycles. The highest BCUT2D eigenvalue weighted by molar-refractivity contribution is 5.94. The highest BCUT2D eigenvalue weighted by Crippen LogP contribution is 2.12. The molecule has 1 rings (SSSR count). The number of rotatable bonds is 9. The summed E-state index contributed by atoms with van der Waals surface area (Å²) in [7, 11) is 7.89. The summed E-state index contributed by atoms with van der Waals surface area (Å²) in [6, 6.07) is 2.96. The average Bonchev–Trinajstić information content (AvgIpc) is 2.43. The Balaban J connectivity index is 2.76. The minimum Gasteiger partial charge on any atom is -0.339 e. The third-order valence-corrected chi connectivity index (χ3v) is 3.46. The van der Waals surface area contributed by atoms with Crippen LogP contribution in [-0.2, 0) is 0 Å². The maximum absolute atomic E-state index is 13.3. The first-order valence-corrected chi connectivity index (χ1v) is 7.84. The van der Waals surface area contributed by atoms with Crippen LogP contribution in [0.15, 0.2) is 18.2 Å². The molecule has 23 heavy (non-hydrogen) atoms. The van der Waals surface area contributed by atoms with Gasteiger partial charge in [0.05, 0.1) is 0 Å². The van der Waals surface area contributed by atoms with Crippen LogP contribution in [0.3, 0.4) is 0 Å². The van der Waals surface area contributed by atoms with Gasteiger partial charge >= 0.3 is 0 Å². The van der Waals surface area contributed by atoms with E-state index in [1.165, 1.54) is 0 Å². The molecule has 0 saturated carbocycles. The first kappa shape index (κ1) is 19.5. The van der Waals surface area contributed by atoms with Crippen molar-refractivity contribution >= 4 is 5.91 Å². The van der Waals surface area contributed by atoms with Crippen LogP contribution in [0.4, 0.5) is 8.78 Å². The van der Waals surface area contributed by atoms with Gasteiger partial charge in [0.25, 0.3) is 5.91 Å². The highest BCUT2D eigenvalue weighted by Gasteiger charge is 2.17. The van der Waals surface area contributed by atoms with Crippen molar-refractivity contribution in [2.24, 2.45) is 0 Å². The molecule has 130 valence electrons. The molecule has 0 atom stereocenters. The number of amides is 1. The molecule has 6 heteroatoms. The van der Waals surface area contributed by atoms with Gasteiger partial charge in [0.1, 0.15) is 11.6 Å². The molecule has 0 N–H and O–H groups in total. The molecule has 0 bridgehead atoms. The second-order valence-electron chi connectivity index (χ2n) is 6.26. The smallest absolute Gasteiger partial charge is 0.254 e. The Morgan fingerprint density at radius 2 is 1.26 bits per heavy atom. The number of benzene rings is 1. The van der Waals surface area contributed by atoms with Crippen molar-refractivity contribution in [3.8, 4) is 0 Å². The molecular formula is C17H27F2N3O. The number of hydrogen-bond donors (Lipinski definition) is 0. The zero-order valence-corrected chi connectivity index (χ0v) is 14.5. The molecule has 0 fully saturated rings. The molecular weight excluding hydrogens is 300 g/mol. The van der Waals surface area contributed by atoms with Crippen molar-refractivity contribution in [1.82, 2.24) is 14.7 Å². The van der Waals surface area contributed by atoms with E-state index >= 15 is 0 Å². The van der Waals surface area contributed by atoms with E-state index < -0.39 is 11.6 Å². The summed E-state index contributed by atoms with van der Waals surface area (Å²) in [4.78, 5) is 18.3. The molecule has 4 nitrogen and oxygen atoms in total. The van der Waals surface area contributed by atoms with Gasteiger partial charge in [0.2, 0.25) is 0 Å². The molecule has 0 unspecified atom stereocenters. The maximum Gasteiger partial charge on any atom is 0.254 e. The van der Waals surface area contributed by atoms with E-state index in [4.69, 9.17) is 0 Å². The Labute approximate surface area is 137 Å². The van der Waals surface area contributed by atoms with Gasteiger partial charge in [-0.15, -0.1) is 0 Å². The van der Waals surface area contributed by atoms with Crippen molar-refractivity contribution in [1.29, 1.82) is 0 Å².